The summed E-state index contributed by atoms with van der Waals surface area (Å²) >= 11 is 0. The molecule has 1 aliphatic carbocycles. The van der Waals surface area contributed by atoms with Crippen LogP contribution in [0.5, 0.6) is 0 Å². The van der Waals surface area contributed by atoms with Crippen LogP contribution in [0.4, 0.5) is 5.69 Å². The zero-order valence-electron chi connectivity index (χ0n) is 9.98. The summed E-state index contributed by atoms with van der Waals surface area (Å²) in [5.41, 5.74) is 6.12. The number of carbonyl (C=O) groups excluding carboxylic acids is 2. The molecule has 0 saturated heterocycles. The van der Waals surface area contributed by atoms with Gasteiger partial charge in [-0.15, -0.1) is 0 Å². The molecule has 1 saturated carbocycles. The lowest BCUT2D eigenvalue weighted by Gasteiger charge is -2.08. The van der Waals surface area contributed by atoms with E-state index in [1.54, 1.807) is 12.1 Å². The van der Waals surface area contributed by atoms with Crippen LogP contribution in [0.15, 0.2) is 18.3 Å². The summed E-state index contributed by atoms with van der Waals surface area (Å²) in [7, 11) is 0. The molecule has 0 unspecified atom stereocenters. The Bertz CT molecular complexity index is 457. The summed E-state index contributed by atoms with van der Waals surface area (Å²) in [6.45, 7) is 1.16. The molecular formula is C12H16N4O2. The quantitative estimate of drug-likeness (QED) is 0.623. The average Bonchev–Trinajstić information content (AvgIpc) is 3.19. The standard InChI is InChI=1S/C12H16N4O2/c13-11(17)10-7-9(3-4-15-10)14-5-6-16-12(18)8-1-2-8/h3-4,7-8H,1-2,5-6H2,(H2,13,17)(H,14,15)(H,16,18). The van der Waals surface area contributed by atoms with Crippen molar-refractivity contribution in [3.05, 3.63) is 24.0 Å². The molecule has 4 N–H and O–H groups in total. The maximum atomic E-state index is 11.4. The molecule has 0 aromatic carbocycles. The Morgan fingerprint density at radius 2 is 2.17 bits per heavy atom. The SMILES string of the molecule is NC(=O)c1cc(NCCNC(=O)C2CC2)ccn1. The Morgan fingerprint density at radius 3 is 2.83 bits per heavy atom. The van der Waals surface area contributed by atoms with Crippen molar-refractivity contribution in [1.82, 2.24) is 10.3 Å². The van der Waals surface area contributed by atoms with E-state index >= 15 is 0 Å². The number of hydrogen-bond acceptors (Lipinski definition) is 4. The fraction of sp³-hybridized carbons (Fsp3) is 0.417. The van der Waals surface area contributed by atoms with Crippen LogP contribution in [-0.2, 0) is 4.79 Å². The van der Waals surface area contributed by atoms with E-state index in [0.29, 0.717) is 13.1 Å². The minimum Gasteiger partial charge on any atom is -0.383 e. The molecule has 2 rings (SSSR count). The van der Waals surface area contributed by atoms with Gasteiger partial charge in [-0.2, -0.15) is 0 Å². The lowest BCUT2D eigenvalue weighted by molar-refractivity contribution is -0.122. The number of amides is 2. The van der Waals surface area contributed by atoms with Crippen LogP contribution in [0.3, 0.4) is 0 Å². The monoisotopic (exact) mass is 248 g/mol. The predicted octanol–water partition coefficient (Wildman–Crippen LogP) is 0.119. The van der Waals surface area contributed by atoms with Crippen molar-refractivity contribution < 1.29 is 9.59 Å². The number of nitrogens with one attached hydrogen (secondary N) is 2. The first-order chi connectivity index (χ1) is 8.66. The van der Waals surface area contributed by atoms with Crippen LogP contribution in [0.25, 0.3) is 0 Å². The molecule has 1 fully saturated rings. The second-order valence-electron chi connectivity index (χ2n) is 4.29. The van der Waals surface area contributed by atoms with E-state index in [0.717, 1.165) is 18.5 Å². The van der Waals surface area contributed by atoms with Gasteiger partial charge >= 0.3 is 0 Å². The lowest BCUT2D eigenvalue weighted by atomic mass is 10.3. The molecule has 6 nitrogen and oxygen atoms in total. The molecule has 96 valence electrons. The third-order valence-electron chi connectivity index (χ3n) is 2.71. The smallest absolute Gasteiger partial charge is 0.267 e. The third-order valence-corrected chi connectivity index (χ3v) is 2.71. The maximum absolute atomic E-state index is 11.4. The Kier molecular flexibility index (Phi) is 3.76. The number of rotatable bonds is 6. The van der Waals surface area contributed by atoms with Gasteiger partial charge in [-0.05, 0) is 25.0 Å². The minimum atomic E-state index is -0.555. The van der Waals surface area contributed by atoms with Gasteiger partial charge in [0.25, 0.3) is 5.91 Å². The maximum Gasteiger partial charge on any atom is 0.267 e. The highest BCUT2D eigenvalue weighted by molar-refractivity contribution is 5.91. The van der Waals surface area contributed by atoms with Crippen LogP contribution >= 0.6 is 0 Å². The molecule has 1 heterocycles. The van der Waals surface area contributed by atoms with E-state index in [1.807, 2.05) is 0 Å². The molecule has 1 aliphatic rings. The van der Waals surface area contributed by atoms with E-state index in [-0.39, 0.29) is 17.5 Å². The first-order valence-corrected chi connectivity index (χ1v) is 5.94. The van der Waals surface area contributed by atoms with E-state index < -0.39 is 5.91 Å². The summed E-state index contributed by atoms with van der Waals surface area (Å²) in [5.74, 6) is -0.197. The van der Waals surface area contributed by atoms with Crippen molar-refractivity contribution in [2.45, 2.75) is 12.8 Å². The van der Waals surface area contributed by atoms with E-state index in [1.165, 1.54) is 6.20 Å². The van der Waals surface area contributed by atoms with E-state index in [4.69, 9.17) is 5.73 Å². The number of carbonyl (C=O) groups is 2. The predicted molar refractivity (Wildman–Crippen MR) is 67.0 cm³/mol. The molecule has 0 aliphatic heterocycles. The van der Waals surface area contributed by atoms with E-state index in [2.05, 4.69) is 15.6 Å². The normalized spacial score (nSPS) is 14.0. The molecule has 18 heavy (non-hydrogen) atoms. The first-order valence-electron chi connectivity index (χ1n) is 5.94. The molecular weight excluding hydrogens is 232 g/mol. The van der Waals surface area contributed by atoms with Gasteiger partial charge in [0.1, 0.15) is 5.69 Å². The number of anilines is 1. The largest absolute Gasteiger partial charge is 0.383 e. The highest BCUT2D eigenvalue weighted by Crippen LogP contribution is 2.28. The molecule has 0 radical (unpaired) electrons. The lowest BCUT2D eigenvalue weighted by Crippen LogP contribution is -2.29. The minimum absolute atomic E-state index is 0.129. The fourth-order valence-corrected chi connectivity index (χ4v) is 1.56. The Morgan fingerprint density at radius 1 is 1.39 bits per heavy atom. The highest BCUT2D eigenvalue weighted by atomic mass is 16.2. The number of pyridine rings is 1. The van der Waals surface area contributed by atoms with Crippen LogP contribution in [-0.4, -0.2) is 29.9 Å². The highest BCUT2D eigenvalue weighted by Gasteiger charge is 2.28. The van der Waals surface area contributed by atoms with Crippen molar-refractivity contribution in [2.75, 3.05) is 18.4 Å². The number of primary amides is 1. The van der Waals surface area contributed by atoms with Crippen molar-refractivity contribution in [3.63, 3.8) is 0 Å². The molecule has 2 amide bonds. The topological polar surface area (TPSA) is 97.1 Å². The third kappa shape index (κ3) is 3.44. The van der Waals surface area contributed by atoms with Crippen molar-refractivity contribution in [1.29, 1.82) is 0 Å². The van der Waals surface area contributed by atoms with Crippen LogP contribution < -0.4 is 16.4 Å². The van der Waals surface area contributed by atoms with Gasteiger partial charge in [-0.1, -0.05) is 0 Å². The van der Waals surface area contributed by atoms with Crippen LogP contribution in [0, 0.1) is 5.92 Å². The van der Waals surface area contributed by atoms with Gasteiger partial charge < -0.3 is 16.4 Å². The molecule has 0 spiro atoms. The average molecular weight is 248 g/mol. The van der Waals surface area contributed by atoms with Gasteiger partial charge in [0.05, 0.1) is 0 Å². The van der Waals surface area contributed by atoms with Gasteiger partial charge in [-0.25, -0.2) is 0 Å². The van der Waals surface area contributed by atoms with Gasteiger partial charge in [0, 0.05) is 30.9 Å². The Balaban J connectivity index is 1.74. The number of aromatic nitrogens is 1. The fourth-order valence-electron chi connectivity index (χ4n) is 1.56. The second kappa shape index (κ2) is 5.48. The molecule has 1 aromatic rings. The first kappa shape index (κ1) is 12.3. The van der Waals surface area contributed by atoms with Crippen molar-refractivity contribution >= 4 is 17.5 Å². The summed E-state index contributed by atoms with van der Waals surface area (Å²) in [4.78, 5) is 26.1. The molecule has 0 bridgehead atoms. The van der Waals surface area contributed by atoms with Crippen molar-refractivity contribution in [2.24, 2.45) is 11.7 Å². The van der Waals surface area contributed by atoms with Crippen molar-refractivity contribution in [3.8, 4) is 0 Å². The summed E-state index contributed by atoms with van der Waals surface area (Å²) in [6, 6.07) is 3.33. The second-order valence-corrected chi connectivity index (χ2v) is 4.29. The number of nitrogens with two attached hydrogens (primary N) is 1. The zero-order valence-corrected chi connectivity index (χ0v) is 9.98. The number of nitrogens with zero attached hydrogens (tertiary/aromatic N) is 1. The zero-order chi connectivity index (χ0) is 13.0. The Labute approximate surface area is 105 Å². The van der Waals surface area contributed by atoms with E-state index in [9.17, 15) is 9.59 Å². The summed E-state index contributed by atoms with van der Waals surface area (Å²) in [6.07, 6.45) is 3.53. The van der Waals surface area contributed by atoms with Gasteiger partial charge in [0.2, 0.25) is 5.91 Å². The summed E-state index contributed by atoms with van der Waals surface area (Å²) in [5, 5.41) is 5.94. The van der Waals surface area contributed by atoms with Gasteiger partial charge in [-0.3, -0.25) is 14.6 Å². The molecule has 0 atom stereocenters. The van der Waals surface area contributed by atoms with Crippen LogP contribution in [0.1, 0.15) is 23.3 Å². The number of hydrogen-bond donors (Lipinski definition) is 3. The van der Waals surface area contributed by atoms with Gasteiger partial charge in [0.15, 0.2) is 0 Å². The molecule has 1 aromatic heterocycles. The molecule has 6 heteroatoms. The Hall–Kier alpha value is -2.11. The van der Waals surface area contributed by atoms with Crippen LogP contribution in [0.2, 0.25) is 0 Å². The summed E-state index contributed by atoms with van der Waals surface area (Å²) < 4.78 is 0.